The lowest BCUT2D eigenvalue weighted by Gasteiger charge is -2.08. The number of hydrogen-bond donors (Lipinski definition) is 2. The van der Waals surface area contributed by atoms with E-state index in [0.29, 0.717) is 30.8 Å². The van der Waals surface area contributed by atoms with Gasteiger partial charge in [-0.05, 0) is 62.2 Å². The Morgan fingerprint density at radius 2 is 1.84 bits per heavy atom. The number of esters is 1. The fourth-order valence-electron chi connectivity index (χ4n) is 3.73. The number of nitrogens with one attached hydrogen (secondary N) is 2. The van der Waals surface area contributed by atoms with Crippen LogP contribution in [0.4, 0.5) is 0 Å². The highest BCUT2D eigenvalue weighted by atomic mass is 16.5. The van der Waals surface area contributed by atoms with Gasteiger partial charge in [-0.1, -0.05) is 12.1 Å². The average Bonchev–Trinajstić information content (AvgIpc) is 3.35. The highest BCUT2D eigenvalue weighted by Gasteiger charge is 2.15. The standard InChI is InChI=1S/C24H25N5O3/c1-15-19(12-13-23(30)32-3)16(2)29(28-15)18-10-8-17(9-11-18)24(31)25-14-22-26-20-6-4-5-7-21(20)27-22/h4-11H,12-14H2,1-3H3,(H,25,31)(H,26,27). The number of aromatic nitrogens is 4. The van der Waals surface area contributed by atoms with Gasteiger partial charge in [0, 0.05) is 17.7 Å². The highest BCUT2D eigenvalue weighted by Crippen LogP contribution is 2.20. The summed E-state index contributed by atoms with van der Waals surface area (Å²) in [6.07, 6.45) is 0.890. The maximum absolute atomic E-state index is 12.6. The van der Waals surface area contributed by atoms with E-state index < -0.39 is 0 Å². The van der Waals surface area contributed by atoms with Crippen molar-refractivity contribution in [3.63, 3.8) is 0 Å². The lowest BCUT2D eigenvalue weighted by Crippen LogP contribution is -2.23. The SMILES string of the molecule is COC(=O)CCc1c(C)nn(-c2ccc(C(=O)NCc3nc4ccccc4[nH]3)cc2)c1C. The van der Waals surface area contributed by atoms with Crippen molar-refractivity contribution in [2.45, 2.75) is 33.2 Å². The first kappa shape index (κ1) is 21.3. The third-order valence-electron chi connectivity index (χ3n) is 5.48. The van der Waals surface area contributed by atoms with Crippen molar-refractivity contribution in [2.75, 3.05) is 7.11 Å². The molecule has 2 N–H and O–H groups in total. The van der Waals surface area contributed by atoms with Crippen LogP contribution in [0.25, 0.3) is 16.7 Å². The molecule has 2 heterocycles. The smallest absolute Gasteiger partial charge is 0.305 e. The summed E-state index contributed by atoms with van der Waals surface area (Å²) in [5, 5.41) is 7.50. The lowest BCUT2D eigenvalue weighted by molar-refractivity contribution is -0.140. The van der Waals surface area contributed by atoms with Crippen LogP contribution in [0.2, 0.25) is 0 Å². The minimum Gasteiger partial charge on any atom is -0.469 e. The molecule has 32 heavy (non-hydrogen) atoms. The molecule has 0 aliphatic carbocycles. The number of imidazole rings is 1. The zero-order chi connectivity index (χ0) is 22.7. The van der Waals surface area contributed by atoms with Gasteiger partial charge in [0.1, 0.15) is 5.82 Å². The Hall–Kier alpha value is -3.94. The third kappa shape index (κ3) is 4.39. The molecular weight excluding hydrogens is 406 g/mol. The van der Waals surface area contributed by atoms with Crippen molar-refractivity contribution in [1.82, 2.24) is 25.1 Å². The second kappa shape index (κ2) is 9.05. The van der Waals surface area contributed by atoms with Crippen molar-refractivity contribution in [3.05, 3.63) is 76.9 Å². The van der Waals surface area contributed by atoms with Crippen LogP contribution < -0.4 is 5.32 Å². The predicted octanol–water partition coefficient (Wildman–Crippen LogP) is 3.40. The van der Waals surface area contributed by atoms with Gasteiger partial charge in [0.2, 0.25) is 0 Å². The van der Waals surface area contributed by atoms with Gasteiger partial charge in [-0.15, -0.1) is 0 Å². The van der Waals surface area contributed by atoms with Gasteiger partial charge in [0.25, 0.3) is 5.91 Å². The minimum atomic E-state index is -0.241. The first-order valence-electron chi connectivity index (χ1n) is 10.4. The van der Waals surface area contributed by atoms with Crippen LogP contribution in [0.1, 0.15) is 39.6 Å². The molecule has 0 fully saturated rings. The van der Waals surface area contributed by atoms with Gasteiger partial charge >= 0.3 is 5.97 Å². The number of aromatic amines is 1. The molecule has 0 atom stereocenters. The van der Waals surface area contributed by atoms with E-state index >= 15 is 0 Å². The topological polar surface area (TPSA) is 102 Å². The zero-order valence-electron chi connectivity index (χ0n) is 18.3. The quantitative estimate of drug-likeness (QED) is 0.437. The first-order chi connectivity index (χ1) is 15.5. The van der Waals surface area contributed by atoms with E-state index in [1.165, 1.54) is 7.11 Å². The van der Waals surface area contributed by atoms with E-state index in [4.69, 9.17) is 4.74 Å². The molecule has 164 valence electrons. The summed E-state index contributed by atoms with van der Waals surface area (Å²) in [4.78, 5) is 31.7. The number of benzene rings is 2. The molecule has 0 saturated heterocycles. The van der Waals surface area contributed by atoms with E-state index in [1.54, 1.807) is 12.1 Å². The van der Waals surface area contributed by atoms with Gasteiger partial charge in [0.05, 0.1) is 36.1 Å². The Morgan fingerprint density at radius 1 is 1.09 bits per heavy atom. The number of para-hydroxylation sites is 2. The van der Waals surface area contributed by atoms with E-state index in [1.807, 2.05) is 54.9 Å². The van der Waals surface area contributed by atoms with Crippen LogP contribution in [-0.4, -0.2) is 38.7 Å². The number of carbonyl (C=O) groups is 2. The molecule has 8 heteroatoms. The molecule has 2 aromatic carbocycles. The number of methoxy groups -OCH3 is 1. The summed E-state index contributed by atoms with van der Waals surface area (Å²) in [5.41, 5.74) is 6.09. The molecule has 0 aliphatic rings. The zero-order valence-corrected chi connectivity index (χ0v) is 18.3. The van der Waals surface area contributed by atoms with Gasteiger partial charge < -0.3 is 15.0 Å². The molecule has 2 aromatic heterocycles. The highest BCUT2D eigenvalue weighted by molar-refractivity contribution is 5.94. The van der Waals surface area contributed by atoms with Crippen LogP contribution in [0.5, 0.6) is 0 Å². The van der Waals surface area contributed by atoms with E-state index in [9.17, 15) is 9.59 Å². The molecule has 8 nitrogen and oxygen atoms in total. The second-order valence-electron chi connectivity index (χ2n) is 7.57. The van der Waals surface area contributed by atoms with Crippen LogP contribution in [-0.2, 0) is 22.5 Å². The third-order valence-corrected chi connectivity index (χ3v) is 5.48. The number of hydrogen-bond acceptors (Lipinski definition) is 5. The molecule has 0 bridgehead atoms. The summed E-state index contributed by atoms with van der Waals surface area (Å²) in [6, 6.07) is 15.0. The van der Waals surface area contributed by atoms with Gasteiger partial charge in [-0.25, -0.2) is 9.67 Å². The van der Waals surface area contributed by atoms with E-state index in [0.717, 1.165) is 33.7 Å². The average molecular weight is 431 g/mol. The summed E-state index contributed by atoms with van der Waals surface area (Å²) in [6.45, 7) is 4.22. The Labute approximate surface area is 185 Å². The molecule has 0 saturated carbocycles. The second-order valence-corrected chi connectivity index (χ2v) is 7.57. The molecule has 0 unspecified atom stereocenters. The number of amides is 1. The van der Waals surface area contributed by atoms with Crippen molar-refractivity contribution in [1.29, 1.82) is 0 Å². The lowest BCUT2D eigenvalue weighted by atomic mass is 10.1. The fraction of sp³-hybridized carbons (Fsp3) is 0.250. The van der Waals surface area contributed by atoms with Crippen molar-refractivity contribution in [3.8, 4) is 5.69 Å². The Kier molecular flexibility index (Phi) is 6.02. The molecule has 4 rings (SSSR count). The van der Waals surface area contributed by atoms with Gasteiger partial charge in [-0.3, -0.25) is 9.59 Å². The van der Waals surface area contributed by atoms with Crippen molar-refractivity contribution < 1.29 is 14.3 Å². The Bertz CT molecular complexity index is 1240. The molecule has 4 aromatic rings. The Morgan fingerprint density at radius 3 is 2.56 bits per heavy atom. The molecule has 0 radical (unpaired) electrons. The van der Waals surface area contributed by atoms with E-state index in [-0.39, 0.29) is 11.9 Å². The van der Waals surface area contributed by atoms with Crippen molar-refractivity contribution >= 4 is 22.9 Å². The molecule has 0 aliphatic heterocycles. The largest absolute Gasteiger partial charge is 0.469 e. The molecule has 1 amide bonds. The number of nitrogens with zero attached hydrogens (tertiary/aromatic N) is 3. The monoisotopic (exact) mass is 431 g/mol. The van der Waals surface area contributed by atoms with Crippen LogP contribution in [0.15, 0.2) is 48.5 Å². The number of H-pyrrole nitrogens is 1. The predicted molar refractivity (Wildman–Crippen MR) is 121 cm³/mol. The maximum atomic E-state index is 12.6. The molecular formula is C24H25N5O3. The maximum Gasteiger partial charge on any atom is 0.305 e. The van der Waals surface area contributed by atoms with Gasteiger partial charge in [-0.2, -0.15) is 5.10 Å². The first-order valence-corrected chi connectivity index (χ1v) is 10.4. The number of fused-ring (bicyclic) bond motifs is 1. The summed E-state index contributed by atoms with van der Waals surface area (Å²) < 4.78 is 6.56. The number of aryl methyl sites for hydroxylation is 1. The minimum absolute atomic E-state index is 0.177. The Balaban J connectivity index is 1.43. The number of rotatable bonds is 7. The summed E-state index contributed by atoms with van der Waals surface area (Å²) >= 11 is 0. The van der Waals surface area contributed by atoms with Gasteiger partial charge in [0.15, 0.2) is 0 Å². The van der Waals surface area contributed by atoms with E-state index in [2.05, 4.69) is 20.4 Å². The van der Waals surface area contributed by atoms with Crippen molar-refractivity contribution in [2.24, 2.45) is 0 Å². The normalized spacial score (nSPS) is 11.0. The van der Waals surface area contributed by atoms with Crippen LogP contribution in [0, 0.1) is 13.8 Å². The number of carbonyl (C=O) groups excluding carboxylic acids is 2. The molecule has 0 spiro atoms. The fourth-order valence-corrected chi connectivity index (χ4v) is 3.73. The summed E-state index contributed by atoms with van der Waals surface area (Å²) in [5.74, 6) is 0.289. The van der Waals surface area contributed by atoms with Crippen LogP contribution in [0.3, 0.4) is 0 Å². The number of ether oxygens (including phenoxy) is 1. The summed E-state index contributed by atoms with van der Waals surface area (Å²) in [7, 11) is 1.39. The van der Waals surface area contributed by atoms with Crippen LogP contribution >= 0.6 is 0 Å².